The Morgan fingerprint density at radius 2 is 1.88 bits per heavy atom. The molecular formula is C31H35N7O3. The Kier molecular flexibility index (Phi) is 9.02. The molecule has 0 aliphatic carbocycles. The molecule has 0 radical (unpaired) electrons. The second-order valence-corrected chi connectivity index (χ2v) is 9.90. The number of fused-ring (bicyclic) bond motifs is 2. The van der Waals surface area contributed by atoms with Gasteiger partial charge in [-0.2, -0.15) is 5.10 Å². The van der Waals surface area contributed by atoms with Crippen molar-refractivity contribution >= 4 is 44.9 Å². The van der Waals surface area contributed by atoms with E-state index in [0.29, 0.717) is 37.0 Å². The maximum absolute atomic E-state index is 12.2. The van der Waals surface area contributed by atoms with E-state index in [9.17, 15) is 4.79 Å². The molecule has 0 spiro atoms. The van der Waals surface area contributed by atoms with Gasteiger partial charge in [-0.25, -0.2) is 9.97 Å². The zero-order valence-electron chi connectivity index (χ0n) is 23.6. The number of aromatic nitrogens is 4. The van der Waals surface area contributed by atoms with Crippen LogP contribution in [0, 0.1) is 0 Å². The molecule has 41 heavy (non-hydrogen) atoms. The Bertz CT molecular complexity index is 1640. The summed E-state index contributed by atoms with van der Waals surface area (Å²) in [5.41, 5.74) is 4.11. The van der Waals surface area contributed by atoms with E-state index in [4.69, 9.17) is 19.4 Å². The van der Waals surface area contributed by atoms with E-state index in [1.54, 1.807) is 13.3 Å². The van der Waals surface area contributed by atoms with Crippen LogP contribution in [0.15, 0.2) is 66.9 Å². The molecule has 0 fully saturated rings. The summed E-state index contributed by atoms with van der Waals surface area (Å²) in [7, 11) is 3.75. The smallest absolute Gasteiger partial charge is 0.224 e. The second kappa shape index (κ2) is 13.2. The molecule has 0 unspecified atom stereocenters. The van der Waals surface area contributed by atoms with Crippen LogP contribution in [0.5, 0.6) is 5.75 Å². The van der Waals surface area contributed by atoms with Gasteiger partial charge < -0.3 is 25.0 Å². The third-order valence-electron chi connectivity index (χ3n) is 6.67. The molecule has 3 N–H and O–H groups in total. The molecule has 0 bridgehead atoms. The van der Waals surface area contributed by atoms with Crippen LogP contribution in [0.1, 0.15) is 19.8 Å². The van der Waals surface area contributed by atoms with E-state index in [1.165, 1.54) is 0 Å². The first kappa shape index (κ1) is 28.0. The van der Waals surface area contributed by atoms with Crippen LogP contribution in [0.2, 0.25) is 0 Å². The number of ether oxygens (including phenoxy) is 2. The van der Waals surface area contributed by atoms with Crippen molar-refractivity contribution in [2.24, 2.45) is 0 Å². The predicted molar refractivity (Wildman–Crippen MR) is 163 cm³/mol. The van der Waals surface area contributed by atoms with Gasteiger partial charge in [0.1, 0.15) is 18.2 Å². The van der Waals surface area contributed by atoms with Crippen LogP contribution < -0.4 is 15.4 Å². The van der Waals surface area contributed by atoms with Crippen molar-refractivity contribution in [3.63, 3.8) is 0 Å². The number of amides is 1. The van der Waals surface area contributed by atoms with Gasteiger partial charge in [-0.05, 0) is 62.0 Å². The van der Waals surface area contributed by atoms with E-state index in [1.807, 2.05) is 74.6 Å². The van der Waals surface area contributed by atoms with Gasteiger partial charge in [-0.3, -0.25) is 9.89 Å². The molecule has 0 atom stereocenters. The third kappa shape index (κ3) is 7.16. The van der Waals surface area contributed by atoms with E-state index in [0.717, 1.165) is 58.3 Å². The average molecular weight is 554 g/mol. The molecule has 0 saturated carbocycles. The number of methoxy groups -OCH3 is 1. The van der Waals surface area contributed by atoms with Crippen molar-refractivity contribution in [2.75, 3.05) is 51.1 Å². The molecule has 2 heterocycles. The van der Waals surface area contributed by atoms with Crippen LogP contribution in [-0.2, 0) is 9.53 Å². The minimum atomic E-state index is -0.0153. The number of benzene rings is 3. The Balaban J connectivity index is 1.47. The van der Waals surface area contributed by atoms with Gasteiger partial charge in [0.05, 0.1) is 23.8 Å². The summed E-state index contributed by atoms with van der Waals surface area (Å²) in [6.07, 6.45) is 3.05. The maximum Gasteiger partial charge on any atom is 0.224 e. The fourth-order valence-electron chi connectivity index (χ4n) is 4.44. The second-order valence-electron chi connectivity index (χ2n) is 9.90. The van der Waals surface area contributed by atoms with Crippen LogP contribution in [0.4, 0.5) is 17.2 Å². The number of rotatable bonds is 13. The molecule has 0 aliphatic rings. The van der Waals surface area contributed by atoms with Crippen molar-refractivity contribution in [1.29, 1.82) is 0 Å². The van der Waals surface area contributed by atoms with E-state index in [2.05, 4.69) is 25.7 Å². The van der Waals surface area contributed by atoms with Gasteiger partial charge in [0.15, 0.2) is 5.82 Å². The van der Waals surface area contributed by atoms with Crippen molar-refractivity contribution in [3.05, 3.63) is 66.9 Å². The molecule has 5 rings (SSSR count). The molecular weight excluding hydrogens is 518 g/mol. The monoisotopic (exact) mass is 553 g/mol. The fraction of sp³-hybridized carbons (Fsp3) is 0.290. The van der Waals surface area contributed by atoms with Gasteiger partial charge in [0, 0.05) is 54.3 Å². The van der Waals surface area contributed by atoms with Crippen LogP contribution in [0.3, 0.4) is 0 Å². The Hall–Kier alpha value is -4.54. The molecule has 10 heteroatoms. The molecule has 5 aromatic rings. The molecule has 3 aromatic carbocycles. The van der Waals surface area contributed by atoms with Gasteiger partial charge >= 0.3 is 0 Å². The number of likely N-dealkylation sites (N-methyl/N-ethyl adjacent to an activating group) is 1. The van der Waals surface area contributed by atoms with Gasteiger partial charge in [0.2, 0.25) is 5.91 Å². The lowest BCUT2D eigenvalue weighted by Gasteiger charge is -2.17. The SMILES string of the molecule is CCCC(=O)Nc1cccc(-c2nc(Nc3ccc4[nH]ncc4c3)c3cc(OCCN(C)CCOC)ccc3n2)c1. The summed E-state index contributed by atoms with van der Waals surface area (Å²) >= 11 is 0. The minimum absolute atomic E-state index is 0.0153. The largest absolute Gasteiger partial charge is 0.492 e. The molecule has 1 amide bonds. The molecule has 0 aliphatic heterocycles. The number of carbonyl (C=O) groups is 1. The summed E-state index contributed by atoms with van der Waals surface area (Å²) in [6.45, 7) is 4.82. The van der Waals surface area contributed by atoms with Crippen molar-refractivity contribution in [3.8, 4) is 17.1 Å². The summed E-state index contributed by atoms with van der Waals surface area (Å²) in [5, 5.41) is 15.4. The first-order valence-electron chi connectivity index (χ1n) is 13.7. The number of nitrogens with one attached hydrogen (secondary N) is 3. The summed E-state index contributed by atoms with van der Waals surface area (Å²) in [6, 6.07) is 19.4. The Labute approximate surface area is 239 Å². The molecule has 0 saturated heterocycles. The number of carbonyl (C=O) groups excluding carboxylic acids is 1. The quantitative estimate of drug-likeness (QED) is 0.172. The Morgan fingerprint density at radius 1 is 1.00 bits per heavy atom. The van der Waals surface area contributed by atoms with Gasteiger partial charge in [0.25, 0.3) is 0 Å². The zero-order chi connectivity index (χ0) is 28.6. The van der Waals surface area contributed by atoms with Crippen molar-refractivity contribution < 1.29 is 14.3 Å². The first-order chi connectivity index (χ1) is 20.0. The first-order valence-corrected chi connectivity index (χ1v) is 13.7. The van der Waals surface area contributed by atoms with Crippen LogP contribution >= 0.6 is 0 Å². The van der Waals surface area contributed by atoms with E-state index in [-0.39, 0.29) is 5.91 Å². The number of hydrogen-bond donors (Lipinski definition) is 3. The topological polar surface area (TPSA) is 117 Å². The average Bonchev–Trinajstić information content (AvgIpc) is 3.44. The standard InChI is InChI=1S/C31H35N7O3/c1-4-6-29(39)33-23-8-5-7-21(17-23)30-35-28-12-10-25(41-16-14-38(2)13-15-40-3)19-26(28)31(36-30)34-24-9-11-27-22(18-24)20-32-37-27/h5,7-12,17-20H,4,6,13-16H2,1-3H3,(H,32,37)(H,33,39)(H,34,35,36). The fourth-order valence-corrected chi connectivity index (χ4v) is 4.44. The highest BCUT2D eigenvalue weighted by molar-refractivity contribution is 5.95. The van der Waals surface area contributed by atoms with E-state index >= 15 is 0 Å². The molecule has 212 valence electrons. The summed E-state index contributed by atoms with van der Waals surface area (Å²) in [5.74, 6) is 1.92. The van der Waals surface area contributed by atoms with E-state index < -0.39 is 0 Å². The lowest BCUT2D eigenvalue weighted by Crippen LogP contribution is -2.27. The minimum Gasteiger partial charge on any atom is -0.492 e. The van der Waals surface area contributed by atoms with Crippen LogP contribution in [-0.4, -0.2) is 71.4 Å². The summed E-state index contributed by atoms with van der Waals surface area (Å²) in [4.78, 5) is 24.2. The van der Waals surface area contributed by atoms with Gasteiger partial charge in [-0.1, -0.05) is 19.1 Å². The number of anilines is 3. The highest BCUT2D eigenvalue weighted by atomic mass is 16.5. The number of nitrogens with zero attached hydrogens (tertiary/aromatic N) is 4. The molecule has 2 aromatic heterocycles. The summed E-state index contributed by atoms with van der Waals surface area (Å²) < 4.78 is 11.2. The van der Waals surface area contributed by atoms with Crippen molar-refractivity contribution in [2.45, 2.75) is 19.8 Å². The number of H-pyrrole nitrogens is 1. The zero-order valence-corrected chi connectivity index (χ0v) is 23.6. The lowest BCUT2D eigenvalue weighted by atomic mass is 10.1. The number of aromatic amines is 1. The third-order valence-corrected chi connectivity index (χ3v) is 6.67. The highest BCUT2D eigenvalue weighted by Crippen LogP contribution is 2.31. The lowest BCUT2D eigenvalue weighted by molar-refractivity contribution is -0.116. The van der Waals surface area contributed by atoms with Gasteiger partial charge in [-0.15, -0.1) is 0 Å². The normalized spacial score (nSPS) is 11.3. The Morgan fingerprint density at radius 3 is 2.73 bits per heavy atom. The number of hydrogen-bond acceptors (Lipinski definition) is 8. The molecule has 10 nitrogen and oxygen atoms in total. The van der Waals surface area contributed by atoms with Crippen LogP contribution in [0.25, 0.3) is 33.2 Å². The maximum atomic E-state index is 12.2. The van der Waals surface area contributed by atoms with Crippen molar-refractivity contribution in [1.82, 2.24) is 25.1 Å². The predicted octanol–water partition coefficient (Wildman–Crippen LogP) is 5.61. The highest BCUT2D eigenvalue weighted by Gasteiger charge is 2.13.